The average molecular weight is 252 g/mol. The molecule has 0 heterocycles. The normalized spacial score (nSPS) is 7.12. The third-order valence-corrected chi connectivity index (χ3v) is 1.88. The first-order chi connectivity index (χ1) is 7.71. The van der Waals surface area contributed by atoms with Crippen LogP contribution in [0.2, 0.25) is 0 Å². The second-order valence-corrected chi connectivity index (χ2v) is 3.09. The van der Waals surface area contributed by atoms with E-state index < -0.39 is 0 Å². The van der Waals surface area contributed by atoms with Crippen molar-refractivity contribution < 1.29 is 0 Å². The van der Waals surface area contributed by atoms with Crippen LogP contribution in [0.1, 0.15) is 25.0 Å². The van der Waals surface area contributed by atoms with Crippen molar-refractivity contribution >= 4 is 34.8 Å². The zero-order valence-electron chi connectivity index (χ0n) is 9.54. The van der Waals surface area contributed by atoms with Crippen LogP contribution in [0.5, 0.6) is 0 Å². The lowest BCUT2D eigenvalue weighted by atomic mass is 10.0. The monoisotopic (exact) mass is 252 g/mol. The summed E-state index contributed by atoms with van der Waals surface area (Å²) in [4.78, 5) is 0. The Morgan fingerprint density at radius 1 is 0.938 bits per heavy atom. The van der Waals surface area contributed by atoms with Crippen LogP contribution in [0.3, 0.4) is 0 Å². The summed E-state index contributed by atoms with van der Waals surface area (Å²) in [6, 6.07) is 8.63. The van der Waals surface area contributed by atoms with Gasteiger partial charge < -0.3 is 0 Å². The van der Waals surface area contributed by atoms with E-state index in [1.807, 2.05) is 0 Å². The number of hydrogen-bond donors (Lipinski definition) is 2. The lowest BCUT2D eigenvalue weighted by Gasteiger charge is -2.02. The molecule has 1 rings (SSSR count). The van der Waals surface area contributed by atoms with Crippen LogP contribution in [0.25, 0.3) is 0 Å². The highest BCUT2D eigenvalue weighted by Gasteiger charge is 1.93. The van der Waals surface area contributed by atoms with Crippen molar-refractivity contribution in [2.75, 3.05) is 0 Å². The van der Waals surface area contributed by atoms with Crippen LogP contribution in [0.15, 0.2) is 24.3 Å². The number of benzene rings is 1. The summed E-state index contributed by atoms with van der Waals surface area (Å²) in [7, 11) is 0. The van der Waals surface area contributed by atoms with Crippen molar-refractivity contribution in [3.05, 3.63) is 35.4 Å². The maximum Gasteiger partial charge on any atom is 0.0554 e. The van der Waals surface area contributed by atoms with E-state index in [-0.39, 0.29) is 0 Å². The lowest BCUT2D eigenvalue weighted by Crippen LogP contribution is -1.88. The Hall–Kier alpha value is -1.18. The van der Waals surface area contributed by atoms with Gasteiger partial charge in [-0.3, -0.25) is 0 Å². The minimum absolute atomic E-state index is 1.16. The molecular formula is C12H16N2S2. The smallest absolute Gasteiger partial charge is 0.0554 e. The molecule has 86 valence electrons. The molecule has 0 saturated heterocycles. The molecule has 0 aliphatic rings. The molecule has 0 atom stereocenters. The fourth-order valence-electron chi connectivity index (χ4n) is 1.25. The molecule has 0 saturated carbocycles. The average Bonchev–Trinajstić information content (AvgIpc) is 2.31. The molecule has 0 radical (unpaired) electrons. The van der Waals surface area contributed by atoms with E-state index in [1.165, 1.54) is 11.1 Å². The molecule has 0 spiro atoms. The Kier molecular flexibility index (Phi) is 14.9. The van der Waals surface area contributed by atoms with Gasteiger partial charge in [0.25, 0.3) is 0 Å². The quantitative estimate of drug-likeness (QED) is 0.613. The van der Waals surface area contributed by atoms with E-state index in [2.05, 4.69) is 62.5 Å². The van der Waals surface area contributed by atoms with Gasteiger partial charge in [-0.2, -0.15) is 0 Å². The third-order valence-electron chi connectivity index (χ3n) is 1.88. The summed E-state index contributed by atoms with van der Waals surface area (Å²) in [6.07, 6.45) is 2.31. The maximum atomic E-state index is 5.77. The van der Waals surface area contributed by atoms with Crippen molar-refractivity contribution in [1.29, 1.82) is 10.8 Å². The molecule has 0 aliphatic carbocycles. The van der Waals surface area contributed by atoms with Crippen LogP contribution in [0, 0.1) is 10.8 Å². The molecule has 0 unspecified atom stereocenters. The summed E-state index contributed by atoms with van der Waals surface area (Å²) < 4.78 is 0. The van der Waals surface area contributed by atoms with E-state index in [0.717, 1.165) is 12.8 Å². The molecule has 0 fully saturated rings. The zero-order valence-corrected chi connectivity index (χ0v) is 11.2. The summed E-state index contributed by atoms with van der Waals surface area (Å²) in [5.74, 6) is 0. The summed E-state index contributed by atoms with van der Waals surface area (Å²) >= 11 is 7.62. The van der Waals surface area contributed by atoms with E-state index in [4.69, 9.17) is 10.8 Å². The van der Waals surface area contributed by atoms with E-state index >= 15 is 0 Å². The lowest BCUT2D eigenvalue weighted by molar-refractivity contribution is 1.04. The Morgan fingerprint density at radius 2 is 1.19 bits per heavy atom. The van der Waals surface area contributed by atoms with Gasteiger partial charge >= 0.3 is 0 Å². The zero-order chi connectivity index (χ0) is 12.8. The predicted molar refractivity (Wildman–Crippen MR) is 75.8 cm³/mol. The molecule has 0 bridgehead atoms. The Bertz CT molecular complexity index is 315. The van der Waals surface area contributed by atoms with Gasteiger partial charge in [-0.15, -0.1) is 0 Å². The topological polar surface area (TPSA) is 47.7 Å². The highest BCUT2D eigenvalue weighted by Crippen LogP contribution is 2.08. The first-order valence-corrected chi connectivity index (χ1v) is 5.67. The van der Waals surface area contributed by atoms with Crippen molar-refractivity contribution in [3.8, 4) is 0 Å². The molecular weight excluding hydrogens is 236 g/mol. The fraction of sp³-hybridized carbons (Fsp3) is 0.333. The van der Waals surface area contributed by atoms with Gasteiger partial charge in [-0.05, 0) is 48.4 Å². The summed E-state index contributed by atoms with van der Waals surface area (Å²) in [5, 5.41) is 14.7. The van der Waals surface area contributed by atoms with Crippen LogP contribution < -0.4 is 0 Å². The minimum atomic E-state index is 1.16. The second-order valence-electron chi connectivity index (χ2n) is 2.68. The van der Waals surface area contributed by atoms with Crippen LogP contribution in [-0.2, 0) is 12.8 Å². The van der Waals surface area contributed by atoms with Gasteiger partial charge in [0.15, 0.2) is 0 Å². The molecule has 0 aromatic heterocycles. The molecule has 1 aromatic carbocycles. The van der Waals surface area contributed by atoms with E-state index in [9.17, 15) is 0 Å². The molecule has 0 aliphatic heterocycles. The molecule has 1 aromatic rings. The number of rotatable bonds is 2. The number of hydrogen-bond acceptors (Lipinski definition) is 4. The SMILES string of the molecule is CCc1ccccc1CC.N=C=S.N=C=S. The molecule has 0 amide bonds. The van der Waals surface area contributed by atoms with E-state index in [1.54, 1.807) is 10.3 Å². The first kappa shape index (κ1) is 17.2. The van der Waals surface area contributed by atoms with Gasteiger partial charge in [0, 0.05) is 0 Å². The first-order valence-electron chi connectivity index (χ1n) is 4.86. The molecule has 16 heavy (non-hydrogen) atoms. The van der Waals surface area contributed by atoms with E-state index in [0.29, 0.717) is 0 Å². The van der Waals surface area contributed by atoms with Gasteiger partial charge in [0.2, 0.25) is 0 Å². The van der Waals surface area contributed by atoms with Crippen molar-refractivity contribution in [2.45, 2.75) is 26.7 Å². The summed E-state index contributed by atoms with van der Waals surface area (Å²) in [6.45, 7) is 4.41. The van der Waals surface area contributed by atoms with Gasteiger partial charge in [0.1, 0.15) is 0 Å². The Morgan fingerprint density at radius 3 is 1.38 bits per heavy atom. The standard InChI is InChI=1S/C10H14.2CHNS/c1-3-9-7-5-6-8-10(9)4-2;2*2-1-3/h5-8H,3-4H2,1-2H3;2*2H. The molecule has 2 nitrogen and oxygen atoms in total. The van der Waals surface area contributed by atoms with Gasteiger partial charge in [0.05, 0.1) is 10.3 Å². The Labute approximate surface area is 108 Å². The van der Waals surface area contributed by atoms with Crippen LogP contribution in [0.4, 0.5) is 0 Å². The van der Waals surface area contributed by atoms with Crippen molar-refractivity contribution in [1.82, 2.24) is 0 Å². The van der Waals surface area contributed by atoms with Crippen molar-refractivity contribution in [3.63, 3.8) is 0 Å². The molecule has 4 heteroatoms. The largest absolute Gasteiger partial charge is 0.248 e. The number of nitrogens with one attached hydrogen (secondary N) is 2. The Balaban J connectivity index is 0. The van der Waals surface area contributed by atoms with Gasteiger partial charge in [-0.1, -0.05) is 38.1 Å². The second kappa shape index (κ2) is 13.8. The predicted octanol–water partition coefficient (Wildman–Crippen LogP) is 4.15. The number of aryl methyl sites for hydroxylation is 2. The minimum Gasteiger partial charge on any atom is -0.248 e. The number of thiocarbonyl (C=S) groups is 2. The highest BCUT2D eigenvalue weighted by atomic mass is 32.1. The van der Waals surface area contributed by atoms with Crippen LogP contribution >= 0.6 is 24.4 Å². The van der Waals surface area contributed by atoms with Gasteiger partial charge in [-0.25, -0.2) is 10.8 Å². The maximum absolute atomic E-state index is 5.77. The molecule has 2 N–H and O–H groups in total. The number of isothiocyanates is 2. The fourth-order valence-corrected chi connectivity index (χ4v) is 1.25. The summed E-state index contributed by atoms with van der Waals surface area (Å²) in [5.41, 5.74) is 2.98. The van der Waals surface area contributed by atoms with Crippen LogP contribution in [-0.4, -0.2) is 10.3 Å². The third kappa shape index (κ3) is 9.38. The van der Waals surface area contributed by atoms with Crippen molar-refractivity contribution in [2.24, 2.45) is 0 Å². The highest BCUT2D eigenvalue weighted by molar-refractivity contribution is 7.78.